The number of benzene rings is 1. The van der Waals surface area contributed by atoms with Gasteiger partial charge in [0, 0.05) is 0 Å². The molecule has 1 aromatic carbocycles. The van der Waals surface area contributed by atoms with Crippen LogP contribution in [0.25, 0.3) is 5.69 Å². The summed E-state index contributed by atoms with van der Waals surface area (Å²) < 4.78 is 14.6. The Bertz CT molecular complexity index is 592. The van der Waals surface area contributed by atoms with E-state index in [1.807, 2.05) is 0 Å². The van der Waals surface area contributed by atoms with Crippen molar-refractivity contribution in [3.63, 3.8) is 0 Å². The van der Waals surface area contributed by atoms with Gasteiger partial charge in [0.15, 0.2) is 5.75 Å². The predicted octanol–water partition coefficient (Wildman–Crippen LogP) is 1.72. The Morgan fingerprint density at radius 2 is 2.18 bits per heavy atom. The van der Waals surface area contributed by atoms with E-state index in [2.05, 4.69) is 5.10 Å². The maximum Gasteiger partial charge on any atom is 0.360 e. The minimum atomic E-state index is -1.37. The fourth-order valence-corrected chi connectivity index (χ4v) is 1.44. The number of halogens is 1. The molecule has 0 atom stereocenters. The van der Waals surface area contributed by atoms with Gasteiger partial charge in [-0.1, -0.05) is 6.07 Å². The highest BCUT2D eigenvalue weighted by Gasteiger charge is 2.17. The molecule has 17 heavy (non-hydrogen) atoms. The van der Waals surface area contributed by atoms with Crippen molar-refractivity contribution in [3.8, 4) is 11.4 Å². The molecular weight excluding hydrogens is 227 g/mol. The molecule has 0 amide bonds. The molecule has 0 saturated heterocycles. The van der Waals surface area contributed by atoms with E-state index in [0.717, 1.165) is 16.4 Å². The van der Waals surface area contributed by atoms with Crippen LogP contribution in [-0.2, 0) is 0 Å². The van der Waals surface area contributed by atoms with E-state index in [1.165, 1.54) is 12.1 Å². The fraction of sp³-hybridized carbons (Fsp3) is 0.0909. The maximum atomic E-state index is 13.6. The molecule has 0 bridgehead atoms. The van der Waals surface area contributed by atoms with Crippen LogP contribution in [0.2, 0.25) is 0 Å². The second kappa shape index (κ2) is 3.89. The average molecular weight is 236 g/mol. The molecule has 0 aliphatic carbocycles. The number of aryl methyl sites for hydroxylation is 1. The summed E-state index contributed by atoms with van der Waals surface area (Å²) in [5.74, 6) is -2.41. The molecule has 0 spiro atoms. The van der Waals surface area contributed by atoms with Gasteiger partial charge in [0.2, 0.25) is 5.69 Å². The summed E-state index contributed by atoms with van der Waals surface area (Å²) in [6.07, 6.45) is 1.05. The van der Waals surface area contributed by atoms with Crippen molar-refractivity contribution in [2.24, 2.45) is 0 Å². The topological polar surface area (TPSA) is 75.4 Å². The highest BCUT2D eigenvalue weighted by atomic mass is 19.1. The smallest absolute Gasteiger partial charge is 0.360 e. The fourth-order valence-electron chi connectivity index (χ4n) is 1.44. The number of carboxylic acids is 1. The van der Waals surface area contributed by atoms with E-state index >= 15 is 0 Å². The molecule has 6 heteroatoms. The molecule has 1 aromatic heterocycles. The number of carbonyl (C=O) groups is 1. The van der Waals surface area contributed by atoms with Crippen molar-refractivity contribution < 1.29 is 19.4 Å². The van der Waals surface area contributed by atoms with E-state index in [9.17, 15) is 14.3 Å². The van der Waals surface area contributed by atoms with Gasteiger partial charge in [-0.2, -0.15) is 5.10 Å². The van der Waals surface area contributed by atoms with Crippen molar-refractivity contribution in [3.05, 3.63) is 41.5 Å². The van der Waals surface area contributed by atoms with Crippen LogP contribution in [-0.4, -0.2) is 26.0 Å². The van der Waals surface area contributed by atoms with Gasteiger partial charge < -0.3 is 10.2 Å². The van der Waals surface area contributed by atoms with Gasteiger partial charge in [0.25, 0.3) is 0 Å². The second-order valence-corrected chi connectivity index (χ2v) is 3.57. The average Bonchev–Trinajstić information content (AvgIpc) is 2.60. The molecule has 0 unspecified atom stereocenters. The number of hydrogen-bond acceptors (Lipinski definition) is 3. The van der Waals surface area contributed by atoms with Crippen molar-refractivity contribution in [1.29, 1.82) is 0 Å². The SMILES string of the molecule is Cc1ccc(-n2cc(O)c(C(=O)O)n2)c(F)c1. The summed E-state index contributed by atoms with van der Waals surface area (Å²) in [5.41, 5.74) is 0.310. The molecule has 0 saturated carbocycles. The summed E-state index contributed by atoms with van der Waals surface area (Å²) in [6, 6.07) is 4.43. The quantitative estimate of drug-likeness (QED) is 0.832. The monoisotopic (exact) mass is 236 g/mol. The highest BCUT2D eigenvalue weighted by molar-refractivity contribution is 5.88. The van der Waals surface area contributed by atoms with Crippen molar-refractivity contribution >= 4 is 5.97 Å². The van der Waals surface area contributed by atoms with Gasteiger partial charge in [-0.25, -0.2) is 13.9 Å². The zero-order valence-corrected chi connectivity index (χ0v) is 8.88. The van der Waals surface area contributed by atoms with E-state index < -0.39 is 23.2 Å². The number of aromatic nitrogens is 2. The van der Waals surface area contributed by atoms with Gasteiger partial charge in [-0.15, -0.1) is 0 Å². The second-order valence-electron chi connectivity index (χ2n) is 3.57. The summed E-state index contributed by atoms with van der Waals surface area (Å²) in [4.78, 5) is 10.7. The van der Waals surface area contributed by atoms with Gasteiger partial charge in [-0.3, -0.25) is 0 Å². The minimum absolute atomic E-state index is 0.0819. The highest BCUT2D eigenvalue weighted by Crippen LogP contribution is 2.20. The molecule has 0 aliphatic rings. The summed E-state index contributed by atoms with van der Waals surface area (Å²) >= 11 is 0. The van der Waals surface area contributed by atoms with Crippen LogP contribution in [0.15, 0.2) is 24.4 Å². The van der Waals surface area contributed by atoms with Gasteiger partial charge in [0.1, 0.15) is 11.5 Å². The lowest BCUT2D eigenvalue weighted by atomic mass is 10.2. The molecule has 0 fully saturated rings. The Morgan fingerprint density at radius 1 is 1.47 bits per heavy atom. The van der Waals surface area contributed by atoms with Crippen LogP contribution in [0, 0.1) is 12.7 Å². The molecule has 0 radical (unpaired) electrons. The standard InChI is InChI=1S/C11H9FN2O3/c1-6-2-3-8(7(12)4-6)14-5-9(15)10(13-14)11(16)17/h2-5,15H,1H3,(H,16,17). The van der Waals surface area contributed by atoms with E-state index in [0.29, 0.717) is 0 Å². The third kappa shape index (κ3) is 1.96. The zero-order chi connectivity index (χ0) is 12.6. The number of aromatic carboxylic acids is 1. The van der Waals surface area contributed by atoms with Crippen LogP contribution < -0.4 is 0 Å². The van der Waals surface area contributed by atoms with E-state index in [-0.39, 0.29) is 5.69 Å². The van der Waals surface area contributed by atoms with Crippen LogP contribution in [0.3, 0.4) is 0 Å². The number of rotatable bonds is 2. The molecule has 1 heterocycles. The molecule has 0 aliphatic heterocycles. The molecule has 2 rings (SSSR count). The minimum Gasteiger partial charge on any atom is -0.504 e. The Morgan fingerprint density at radius 3 is 2.71 bits per heavy atom. The van der Waals surface area contributed by atoms with Gasteiger partial charge >= 0.3 is 5.97 Å². The van der Waals surface area contributed by atoms with Gasteiger partial charge in [0.05, 0.1) is 6.20 Å². The number of carboxylic acid groups (broad SMARTS) is 1. The molecule has 2 N–H and O–H groups in total. The number of nitrogens with zero attached hydrogens (tertiary/aromatic N) is 2. The van der Waals surface area contributed by atoms with Crippen LogP contribution in [0.4, 0.5) is 4.39 Å². The number of hydrogen-bond donors (Lipinski definition) is 2. The zero-order valence-electron chi connectivity index (χ0n) is 8.88. The molecule has 5 nitrogen and oxygen atoms in total. The predicted molar refractivity (Wildman–Crippen MR) is 56.9 cm³/mol. The van der Waals surface area contributed by atoms with E-state index in [1.54, 1.807) is 13.0 Å². The molecule has 88 valence electrons. The Labute approximate surface area is 95.7 Å². The Kier molecular flexibility index (Phi) is 2.55. The van der Waals surface area contributed by atoms with Crippen molar-refractivity contribution in [1.82, 2.24) is 9.78 Å². The lowest BCUT2D eigenvalue weighted by Gasteiger charge is -2.03. The summed E-state index contributed by atoms with van der Waals surface area (Å²) in [7, 11) is 0. The largest absolute Gasteiger partial charge is 0.504 e. The molecular formula is C11H9FN2O3. The third-order valence-electron chi connectivity index (χ3n) is 2.25. The van der Waals surface area contributed by atoms with E-state index in [4.69, 9.17) is 5.11 Å². The van der Waals surface area contributed by atoms with Gasteiger partial charge in [-0.05, 0) is 24.6 Å². The van der Waals surface area contributed by atoms with Crippen LogP contribution >= 0.6 is 0 Å². The van der Waals surface area contributed by atoms with Crippen LogP contribution in [0.1, 0.15) is 16.1 Å². The Balaban J connectivity index is 2.53. The lowest BCUT2D eigenvalue weighted by Crippen LogP contribution is -2.02. The summed E-state index contributed by atoms with van der Waals surface area (Å²) in [5, 5.41) is 21.6. The third-order valence-corrected chi connectivity index (χ3v) is 2.25. The normalized spacial score (nSPS) is 10.5. The lowest BCUT2D eigenvalue weighted by molar-refractivity contribution is 0.0687. The first kappa shape index (κ1) is 11.1. The van der Waals surface area contributed by atoms with Crippen LogP contribution in [0.5, 0.6) is 5.75 Å². The first-order valence-corrected chi connectivity index (χ1v) is 4.77. The van der Waals surface area contributed by atoms with Crippen molar-refractivity contribution in [2.75, 3.05) is 0 Å². The first-order chi connectivity index (χ1) is 7.99. The Hall–Kier alpha value is -2.37. The summed E-state index contributed by atoms with van der Waals surface area (Å²) in [6.45, 7) is 1.73. The number of aromatic hydroxyl groups is 1. The molecule has 2 aromatic rings. The van der Waals surface area contributed by atoms with Crippen molar-refractivity contribution in [2.45, 2.75) is 6.92 Å². The maximum absolute atomic E-state index is 13.6. The first-order valence-electron chi connectivity index (χ1n) is 4.77.